The zero-order valence-corrected chi connectivity index (χ0v) is 17.0. The Kier molecular flexibility index (Phi) is 6.24. The van der Waals surface area contributed by atoms with Crippen LogP contribution in [0.4, 0.5) is 5.69 Å². The van der Waals surface area contributed by atoms with Gasteiger partial charge in [-0.05, 0) is 63.1 Å². The van der Waals surface area contributed by atoms with Gasteiger partial charge in [-0.3, -0.25) is 9.10 Å². The van der Waals surface area contributed by atoms with Gasteiger partial charge in [0.05, 0.1) is 17.5 Å². The molecule has 1 amide bonds. The van der Waals surface area contributed by atoms with Crippen LogP contribution in [0.1, 0.15) is 35.7 Å². The van der Waals surface area contributed by atoms with Gasteiger partial charge >= 0.3 is 0 Å². The number of benzene rings is 2. The van der Waals surface area contributed by atoms with E-state index < -0.39 is 10.0 Å². The van der Waals surface area contributed by atoms with Gasteiger partial charge < -0.3 is 10.1 Å². The quantitative estimate of drug-likeness (QED) is 0.806. The number of sulfonamides is 1. The highest BCUT2D eigenvalue weighted by Crippen LogP contribution is 2.23. The Balaban J connectivity index is 1.56. The summed E-state index contributed by atoms with van der Waals surface area (Å²) in [6.07, 6.45) is 1.54. The maximum Gasteiger partial charge on any atom is 0.251 e. The number of aryl methyl sites for hydroxylation is 1. The number of ether oxygens (including phenoxy) is 1. The molecule has 0 radical (unpaired) electrons. The third-order valence-corrected chi connectivity index (χ3v) is 6.53. The summed E-state index contributed by atoms with van der Waals surface area (Å²) in [6.45, 7) is 4.74. The average molecular weight is 403 g/mol. The van der Waals surface area contributed by atoms with Gasteiger partial charge in [-0.2, -0.15) is 0 Å². The van der Waals surface area contributed by atoms with E-state index in [1.165, 1.54) is 4.31 Å². The van der Waals surface area contributed by atoms with Crippen molar-refractivity contribution in [2.45, 2.75) is 32.7 Å². The lowest BCUT2D eigenvalue weighted by Gasteiger charge is -2.28. The zero-order chi connectivity index (χ0) is 20.1. The molecule has 150 valence electrons. The van der Waals surface area contributed by atoms with Crippen LogP contribution in [0, 0.1) is 6.92 Å². The smallest absolute Gasteiger partial charge is 0.251 e. The van der Waals surface area contributed by atoms with Crippen LogP contribution >= 0.6 is 0 Å². The molecule has 0 saturated carbocycles. The van der Waals surface area contributed by atoms with Crippen molar-refractivity contribution in [3.63, 3.8) is 0 Å². The van der Waals surface area contributed by atoms with Gasteiger partial charge in [-0.15, -0.1) is 0 Å². The molecule has 1 saturated heterocycles. The largest absolute Gasteiger partial charge is 0.491 e. The highest BCUT2D eigenvalue weighted by molar-refractivity contribution is 7.92. The number of anilines is 1. The molecule has 1 aliphatic rings. The molecule has 2 aromatic carbocycles. The van der Waals surface area contributed by atoms with Crippen LogP contribution in [-0.4, -0.2) is 39.3 Å². The van der Waals surface area contributed by atoms with Gasteiger partial charge in [0.25, 0.3) is 5.91 Å². The van der Waals surface area contributed by atoms with E-state index in [1.54, 1.807) is 24.3 Å². The van der Waals surface area contributed by atoms with Crippen molar-refractivity contribution in [3.8, 4) is 5.75 Å². The summed E-state index contributed by atoms with van der Waals surface area (Å²) in [6, 6.07) is 14.3. The Morgan fingerprint density at radius 3 is 2.43 bits per heavy atom. The first-order chi connectivity index (χ1) is 13.3. The SMILES string of the molecule is Cc1ccc(OC[C@@H](C)NC(=O)c2ccc(N3CCCCS3(=O)=O)cc2)cc1. The zero-order valence-electron chi connectivity index (χ0n) is 16.2. The van der Waals surface area contributed by atoms with Gasteiger partial charge in [0, 0.05) is 12.1 Å². The molecule has 3 rings (SSSR count). The second-order valence-corrected chi connectivity index (χ2v) is 9.15. The van der Waals surface area contributed by atoms with Crippen molar-refractivity contribution >= 4 is 21.6 Å². The first-order valence-electron chi connectivity index (χ1n) is 9.46. The maximum absolute atomic E-state index is 12.4. The number of nitrogens with one attached hydrogen (secondary N) is 1. The fraction of sp³-hybridized carbons (Fsp3) is 0.381. The first-order valence-corrected chi connectivity index (χ1v) is 11.1. The Bertz CT molecular complexity index is 908. The lowest BCUT2D eigenvalue weighted by molar-refractivity contribution is 0.0926. The van der Waals surface area contributed by atoms with Gasteiger partial charge in [0.1, 0.15) is 12.4 Å². The molecule has 0 aliphatic carbocycles. The summed E-state index contributed by atoms with van der Waals surface area (Å²) in [5.74, 6) is 0.722. The second-order valence-electron chi connectivity index (χ2n) is 7.14. The topological polar surface area (TPSA) is 75.7 Å². The van der Waals surface area contributed by atoms with Crippen LogP contribution < -0.4 is 14.4 Å². The van der Waals surface area contributed by atoms with E-state index in [1.807, 2.05) is 38.1 Å². The summed E-state index contributed by atoms with van der Waals surface area (Å²) >= 11 is 0. The Labute approximate surface area is 166 Å². The van der Waals surface area contributed by atoms with Crippen LogP contribution in [-0.2, 0) is 10.0 Å². The number of carbonyl (C=O) groups excluding carboxylic acids is 1. The summed E-state index contributed by atoms with van der Waals surface area (Å²) < 4.78 is 31.5. The maximum atomic E-state index is 12.4. The van der Waals surface area contributed by atoms with E-state index in [0.717, 1.165) is 17.7 Å². The van der Waals surface area contributed by atoms with Crippen LogP contribution in [0.25, 0.3) is 0 Å². The van der Waals surface area contributed by atoms with E-state index in [9.17, 15) is 13.2 Å². The van der Waals surface area contributed by atoms with Crippen molar-refractivity contribution in [1.29, 1.82) is 0 Å². The lowest BCUT2D eigenvalue weighted by atomic mass is 10.1. The highest BCUT2D eigenvalue weighted by atomic mass is 32.2. The molecule has 28 heavy (non-hydrogen) atoms. The predicted octanol–water partition coefficient (Wildman–Crippen LogP) is 3.12. The Morgan fingerprint density at radius 1 is 1.11 bits per heavy atom. The van der Waals surface area contributed by atoms with Gasteiger partial charge in [0.2, 0.25) is 10.0 Å². The van der Waals surface area contributed by atoms with Gasteiger partial charge in [-0.1, -0.05) is 17.7 Å². The molecule has 6 nitrogen and oxygen atoms in total. The Morgan fingerprint density at radius 2 is 1.79 bits per heavy atom. The summed E-state index contributed by atoms with van der Waals surface area (Å²) in [7, 11) is -3.25. The molecule has 0 spiro atoms. The molecule has 1 atom stereocenters. The minimum Gasteiger partial charge on any atom is -0.491 e. The fourth-order valence-corrected chi connectivity index (χ4v) is 4.70. The van der Waals surface area contributed by atoms with Crippen LogP contribution in [0.3, 0.4) is 0 Å². The molecular formula is C21H26N2O4S. The van der Waals surface area contributed by atoms with Crippen LogP contribution in [0.5, 0.6) is 5.75 Å². The van der Waals surface area contributed by atoms with Crippen molar-refractivity contribution in [3.05, 3.63) is 59.7 Å². The molecule has 1 heterocycles. The molecule has 0 bridgehead atoms. The van der Waals surface area contributed by atoms with Crippen molar-refractivity contribution < 1.29 is 17.9 Å². The molecule has 0 aromatic heterocycles. The van der Waals surface area contributed by atoms with Crippen molar-refractivity contribution in [2.75, 3.05) is 23.2 Å². The van der Waals surface area contributed by atoms with E-state index in [0.29, 0.717) is 30.8 Å². The molecule has 1 fully saturated rings. The molecule has 1 N–H and O–H groups in total. The number of amides is 1. The third kappa shape index (κ3) is 5.04. The van der Waals surface area contributed by atoms with E-state index in [2.05, 4.69) is 5.32 Å². The highest BCUT2D eigenvalue weighted by Gasteiger charge is 2.26. The number of hydrogen-bond donors (Lipinski definition) is 1. The molecule has 1 aliphatic heterocycles. The summed E-state index contributed by atoms with van der Waals surface area (Å²) in [4.78, 5) is 12.4. The number of rotatable bonds is 6. The monoisotopic (exact) mass is 402 g/mol. The lowest BCUT2D eigenvalue weighted by Crippen LogP contribution is -2.38. The van der Waals surface area contributed by atoms with E-state index >= 15 is 0 Å². The first kappa shape index (κ1) is 20.2. The standard InChI is InChI=1S/C21H26N2O4S/c1-16-5-11-20(12-6-16)27-15-17(2)22-21(24)18-7-9-19(10-8-18)23-13-3-4-14-28(23,25)26/h5-12,17H,3-4,13-15H2,1-2H3,(H,22,24)/t17-/m1/s1. The second kappa shape index (κ2) is 8.65. The van der Waals surface area contributed by atoms with Crippen LogP contribution in [0.2, 0.25) is 0 Å². The van der Waals surface area contributed by atoms with E-state index in [4.69, 9.17) is 4.74 Å². The molecule has 2 aromatic rings. The number of hydrogen-bond acceptors (Lipinski definition) is 4. The van der Waals surface area contributed by atoms with Crippen molar-refractivity contribution in [1.82, 2.24) is 5.32 Å². The molecular weight excluding hydrogens is 376 g/mol. The van der Waals surface area contributed by atoms with E-state index in [-0.39, 0.29) is 17.7 Å². The Hall–Kier alpha value is -2.54. The fourth-order valence-electron chi connectivity index (χ4n) is 3.06. The molecule has 0 unspecified atom stereocenters. The van der Waals surface area contributed by atoms with Crippen molar-refractivity contribution in [2.24, 2.45) is 0 Å². The third-order valence-electron chi connectivity index (χ3n) is 4.67. The minimum absolute atomic E-state index is 0.170. The minimum atomic E-state index is -3.25. The summed E-state index contributed by atoms with van der Waals surface area (Å²) in [5.41, 5.74) is 2.25. The average Bonchev–Trinajstić information content (AvgIpc) is 2.67. The number of carbonyl (C=O) groups is 1. The van der Waals surface area contributed by atoms with Gasteiger partial charge in [-0.25, -0.2) is 8.42 Å². The van der Waals surface area contributed by atoms with Crippen LogP contribution in [0.15, 0.2) is 48.5 Å². The summed E-state index contributed by atoms with van der Waals surface area (Å²) in [5, 5.41) is 2.90. The predicted molar refractivity (Wildman–Crippen MR) is 110 cm³/mol. The number of nitrogens with zero attached hydrogens (tertiary/aromatic N) is 1. The van der Waals surface area contributed by atoms with Gasteiger partial charge in [0.15, 0.2) is 0 Å². The normalized spacial score (nSPS) is 17.0. The molecule has 7 heteroatoms.